The molecule has 0 spiro atoms. The monoisotopic (exact) mass is 455 g/mol. The number of amides is 1. The molecule has 0 aromatic heterocycles. The third kappa shape index (κ3) is 8.22. The Hall–Kier alpha value is -1.07. The van der Waals surface area contributed by atoms with Gasteiger partial charge in [-0.1, -0.05) is 19.3 Å². The molecule has 162 valence electrons. The van der Waals surface area contributed by atoms with Gasteiger partial charge in [-0.2, -0.15) is 0 Å². The second-order valence-corrected chi connectivity index (χ2v) is 7.03. The van der Waals surface area contributed by atoms with Crippen molar-refractivity contribution in [2.24, 2.45) is 11.8 Å². The van der Waals surface area contributed by atoms with Gasteiger partial charge in [0.05, 0.1) is 20.1 Å². The van der Waals surface area contributed by atoms with Crippen molar-refractivity contribution in [1.82, 2.24) is 5.32 Å². The Balaban J connectivity index is 0.000000655. The summed E-state index contributed by atoms with van der Waals surface area (Å²) in [4.78, 5) is 37.2. The maximum atomic E-state index is 12.9. The Labute approximate surface area is 192 Å². The van der Waals surface area contributed by atoms with E-state index in [0.29, 0.717) is 5.92 Å². The van der Waals surface area contributed by atoms with Gasteiger partial charge < -0.3 is 14.8 Å². The molecule has 6 nitrogen and oxygen atoms in total. The van der Waals surface area contributed by atoms with Gasteiger partial charge in [-0.15, -0.1) is 0 Å². The fourth-order valence-electron chi connectivity index (χ4n) is 3.57. The molecule has 0 bridgehead atoms. The van der Waals surface area contributed by atoms with Gasteiger partial charge in [0.1, 0.15) is 0 Å². The van der Waals surface area contributed by atoms with Crippen molar-refractivity contribution in [3.63, 3.8) is 0 Å². The Morgan fingerprint density at radius 1 is 0.833 bits per heavy atom. The number of hydrogen-bond acceptors (Lipinski definition) is 5. The van der Waals surface area contributed by atoms with Gasteiger partial charge in [0, 0.05) is 6.04 Å². The molecule has 7 heteroatoms. The second kappa shape index (κ2) is 14.9. The van der Waals surface area contributed by atoms with Crippen LogP contribution >= 0.6 is 0 Å². The SMILES string of the molecule is COC(=O)C(C(=O)OC)C([C]1[CH][CH][CH][CH]1)C(=O)NC1CCCCC1.[CH]1[CH][CH][CH][CH]1.[Fe+2]. The normalized spacial score (nSPS) is 20.5. The van der Waals surface area contributed by atoms with E-state index in [0.717, 1.165) is 25.7 Å². The average Bonchev–Trinajstić information content (AvgIpc) is 3.48. The number of esters is 2. The van der Waals surface area contributed by atoms with Gasteiger partial charge in [0.15, 0.2) is 5.92 Å². The third-order valence-electron chi connectivity index (χ3n) is 5.08. The standard InChI is InChI=1S/C18H24NO5.C5H5.Fe/c1-23-17(21)15(18(22)24-2)14(12-8-6-7-9-12)16(20)19-13-10-4-3-5-11-13;1-2-4-5-3-1;/h6-9,13-15H,3-5,10-11H2,1-2H3,(H,19,20);1-5H;/q;;+2. The first-order valence-corrected chi connectivity index (χ1v) is 9.92. The van der Waals surface area contributed by atoms with Gasteiger partial charge in [-0.3, -0.25) is 14.4 Å². The van der Waals surface area contributed by atoms with Gasteiger partial charge in [-0.25, -0.2) is 0 Å². The number of ether oxygens (including phenoxy) is 2. The number of rotatable bonds is 6. The van der Waals surface area contributed by atoms with Gasteiger partial charge in [0.2, 0.25) is 5.91 Å². The van der Waals surface area contributed by atoms with E-state index in [-0.39, 0.29) is 29.0 Å². The first-order chi connectivity index (χ1) is 14.1. The molecule has 3 rings (SSSR count). The molecular weight excluding hydrogens is 426 g/mol. The third-order valence-corrected chi connectivity index (χ3v) is 5.08. The summed E-state index contributed by atoms with van der Waals surface area (Å²) in [6.07, 6.45) is 22.1. The van der Waals surface area contributed by atoms with Crippen LogP contribution in [0.2, 0.25) is 0 Å². The molecule has 10 radical (unpaired) electrons. The first kappa shape index (κ1) is 27.0. The molecule has 3 aliphatic carbocycles. The van der Waals surface area contributed by atoms with Crippen molar-refractivity contribution in [1.29, 1.82) is 0 Å². The van der Waals surface area contributed by atoms with E-state index in [1.165, 1.54) is 20.6 Å². The molecular formula is C23H29FeNO5+2. The molecule has 1 amide bonds. The largest absolute Gasteiger partial charge is 2.00 e. The van der Waals surface area contributed by atoms with Crippen LogP contribution in [0.25, 0.3) is 0 Å². The Bertz CT molecular complexity index is 502. The topological polar surface area (TPSA) is 81.7 Å². The van der Waals surface area contributed by atoms with E-state index in [4.69, 9.17) is 9.47 Å². The Morgan fingerprint density at radius 2 is 1.30 bits per heavy atom. The van der Waals surface area contributed by atoms with Crippen molar-refractivity contribution in [3.05, 3.63) is 63.7 Å². The van der Waals surface area contributed by atoms with Crippen molar-refractivity contribution in [2.45, 2.75) is 38.1 Å². The summed E-state index contributed by atoms with van der Waals surface area (Å²) in [5.74, 6) is -3.55. The Kier molecular flexibility index (Phi) is 13.3. The zero-order valence-electron chi connectivity index (χ0n) is 17.4. The molecule has 30 heavy (non-hydrogen) atoms. The van der Waals surface area contributed by atoms with Crippen LogP contribution in [-0.4, -0.2) is 38.1 Å². The van der Waals surface area contributed by atoms with E-state index in [1.54, 1.807) is 25.7 Å². The molecule has 0 saturated heterocycles. The molecule has 0 aromatic rings. The quantitative estimate of drug-likeness (QED) is 0.378. The van der Waals surface area contributed by atoms with E-state index in [9.17, 15) is 14.4 Å². The van der Waals surface area contributed by atoms with Crippen LogP contribution in [0.4, 0.5) is 0 Å². The van der Waals surface area contributed by atoms with Crippen LogP contribution in [-0.2, 0) is 40.9 Å². The predicted molar refractivity (Wildman–Crippen MR) is 108 cm³/mol. The number of hydrogen-bond donors (Lipinski definition) is 1. The van der Waals surface area contributed by atoms with Crippen LogP contribution in [0.15, 0.2) is 0 Å². The van der Waals surface area contributed by atoms with Crippen molar-refractivity contribution >= 4 is 17.8 Å². The fourth-order valence-corrected chi connectivity index (χ4v) is 3.57. The molecule has 0 heterocycles. The predicted octanol–water partition coefficient (Wildman–Crippen LogP) is 2.44. The van der Waals surface area contributed by atoms with E-state index in [1.807, 2.05) is 32.1 Å². The summed E-state index contributed by atoms with van der Waals surface area (Å²) >= 11 is 0. The smallest absolute Gasteiger partial charge is 0.468 e. The van der Waals surface area contributed by atoms with Gasteiger partial charge >= 0.3 is 29.0 Å². The van der Waals surface area contributed by atoms with E-state index >= 15 is 0 Å². The van der Waals surface area contributed by atoms with Crippen molar-refractivity contribution in [3.8, 4) is 0 Å². The Morgan fingerprint density at radius 3 is 1.73 bits per heavy atom. The first-order valence-electron chi connectivity index (χ1n) is 9.92. The van der Waals surface area contributed by atoms with Gasteiger partial charge in [0.25, 0.3) is 0 Å². The maximum absolute atomic E-state index is 12.9. The minimum atomic E-state index is -1.31. The summed E-state index contributed by atoms with van der Waals surface area (Å²) < 4.78 is 9.47. The fraction of sp³-hybridized carbons (Fsp3) is 0.435. The van der Waals surface area contributed by atoms with E-state index < -0.39 is 23.8 Å². The average molecular weight is 455 g/mol. The van der Waals surface area contributed by atoms with E-state index in [2.05, 4.69) is 5.32 Å². The second-order valence-electron chi connectivity index (χ2n) is 7.03. The zero-order valence-corrected chi connectivity index (χ0v) is 18.5. The molecule has 3 aliphatic rings. The molecule has 0 aliphatic heterocycles. The maximum Gasteiger partial charge on any atom is 2.00 e. The number of methoxy groups -OCH3 is 2. The number of nitrogens with one attached hydrogen (secondary N) is 1. The van der Waals surface area contributed by atoms with Crippen LogP contribution in [0.3, 0.4) is 0 Å². The van der Waals surface area contributed by atoms with Crippen LogP contribution in [0, 0.1) is 75.5 Å². The number of carbonyl (C=O) groups is 3. The molecule has 3 fully saturated rings. The summed E-state index contributed by atoms with van der Waals surface area (Å²) in [5.41, 5.74) is 0. The van der Waals surface area contributed by atoms with Crippen LogP contribution in [0.5, 0.6) is 0 Å². The number of carbonyl (C=O) groups excluding carboxylic acids is 3. The minimum Gasteiger partial charge on any atom is -0.468 e. The molecule has 0 aromatic carbocycles. The van der Waals surface area contributed by atoms with Crippen LogP contribution < -0.4 is 5.32 Å². The zero-order chi connectivity index (χ0) is 21.1. The molecule has 1 atom stereocenters. The molecule has 1 unspecified atom stereocenters. The molecule has 3 saturated carbocycles. The van der Waals surface area contributed by atoms with Gasteiger partial charge in [-0.05, 0) is 76.5 Å². The summed E-state index contributed by atoms with van der Waals surface area (Å²) in [7, 11) is 2.39. The summed E-state index contributed by atoms with van der Waals surface area (Å²) in [5, 5.41) is 2.99. The van der Waals surface area contributed by atoms with Crippen molar-refractivity contribution < 1.29 is 40.9 Å². The summed E-state index contributed by atoms with van der Waals surface area (Å²) in [6.45, 7) is 0. The summed E-state index contributed by atoms with van der Waals surface area (Å²) in [6, 6.07) is 0.0830. The minimum absolute atomic E-state index is 0. The van der Waals surface area contributed by atoms with Crippen molar-refractivity contribution in [2.75, 3.05) is 14.2 Å². The molecule has 1 N–H and O–H groups in total. The van der Waals surface area contributed by atoms with Crippen LogP contribution in [0.1, 0.15) is 32.1 Å².